The van der Waals surface area contributed by atoms with Crippen molar-refractivity contribution in [2.24, 2.45) is 0 Å². The van der Waals surface area contributed by atoms with Gasteiger partial charge in [0, 0.05) is 21.2 Å². The molecule has 0 bridgehead atoms. The Bertz CT molecular complexity index is 1190. The number of methoxy groups -OCH3 is 2. The van der Waals surface area contributed by atoms with Gasteiger partial charge in [-0.3, -0.25) is 0 Å². The van der Waals surface area contributed by atoms with Crippen LogP contribution >= 0.6 is 11.8 Å². The van der Waals surface area contributed by atoms with E-state index in [2.05, 4.69) is 0 Å². The zero-order valence-electron chi connectivity index (χ0n) is 18.3. The molecule has 0 spiro atoms. The van der Waals surface area contributed by atoms with Crippen LogP contribution in [0.5, 0.6) is 34.5 Å². The number of ether oxygens (including phenoxy) is 4. The zero-order valence-corrected chi connectivity index (χ0v) is 19.1. The molecular weight excluding hydrogens is 436 g/mol. The van der Waals surface area contributed by atoms with Gasteiger partial charge >= 0.3 is 0 Å². The van der Waals surface area contributed by atoms with E-state index in [0.717, 1.165) is 21.3 Å². The number of hydrogen-bond acceptors (Lipinski definition) is 7. The van der Waals surface area contributed by atoms with Gasteiger partial charge in [0.1, 0.15) is 17.2 Å². The summed E-state index contributed by atoms with van der Waals surface area (Å²) in [5.74, 6) is 3.75. The average molecular weight is 461 g/mol. The average Bonchev–Trinajstić information content (AvgIpc) is 2.83. The third kappa shape index (κ3) is 5.64. The molecule has 0 amide bonds. The van der Waals surface area contributed by atoms with Crippen molar-refractivity contribution in [1.82, 2.24) is 0 Å². The third-order valence-electron chi connectivity index (χ3n) is 4.71. The highest BCUT2D eigenvalue weighted by atomic mass is 32.2. The van der Waals surface area contributed by atoms with Gasteiger partial charge in [0.2, 0.25) is 5.75 Å². The van der Waals surface area contributed by atoms with E-state index in [9.17, 15) is 0 Å². The molecule has 6 nitrogen and oxygen atoms in total. The van der Waals surface area contributed by atoms with E-state index >= 15 is 0 Å². The molecular formula is C26H24N2O4S. The van der Waals surface area contributed by atoms with Crippen LogP contribution in [-0.2, 0) is 0 Å². The molecule has 0 unspecified atom stereocenters. The maximum atomic E-state index is 6.02. The summed E-state index contributed by atoms with van der Waals surface area (Å²) in [6, 6.07) is 26.1. The maximum absolute atomic E-state index is 6.02. The van der Waals surface area contributed by atoms with Crippen molar-refractivity contribution in [3.63, 3.8) is 0 Å². The summed E-state index contributed by atoms with van der Waals surface area (Å²) in [6.45, 7) is 0. The fourth-order valence-corrected chi connectivity index (χ4v) is 3.93. The van der Waals surface area contributed by atoms with Crippen molar-refractivity contribution in [3.05, 3.63) is 84.9 Å². The first-order valence-corrected chi connectivity index (χ1v) is 11.0. The number of nitrogens with two attached hydrogens (primary N) is 2. The first kappa shape index (κ1) is 22.2. The van der Waals surface area contributed by atoms with Gasteiger partial charge in [-0.25, -0.2) is 0 Å². The van der Waals surface area contributed by atoms with E-state index in [1.165, 1.54) is 0 Å². The Morgan fingerprint density at radius 3 is 1.42 bits per heavy atom. The minimum absolute atomic E-state index is 0.501. The maximum Gasteiger partial charge on any atom is 0.211 e. The smallest absolute Gasteiger partial charge is 0.211 e. The summed E-state index contributed by atoms with van der Waals surface area (Å²) in [6.07, 6.45) is 0. The second-order valence-electron chi connectivity index (χ2n) is 7.07. The van der Waals surface area contributed by atoms with Gasteiger partial charge in [0.05, 0.1) is 14.2 Å². The summed E-state index contributed by atoms with van der Waals surface area (Å²) in [7, 11) is 3.20. The fourth-order valence-electron chi connectivity index (χ4n) is 3.05. The van der Waals surface area contributed by atoms with Gasteiger partial charge in [-0.1, -0.05) is 11.8 Å². The Hall–Kier alpha value is -3.97. The molecule has 0 radical (unpaired) electrons. The quantitative estimate of drug-likeness (QED) is 0.286. The lowest BCUT2D eigenvalue weighted by Gasteiger charge is -2.16. The largest absolute Gasteiger partial charge is 0.493 e. The molecule has 33 heavy (non-hydrogen) atoms. The summed E-state index contributed by atoms with van der Waals surface area (Å²) >= 11 is 1.58. The Balaban J connectivity index is 1.51. The molecule has 0 fully saturated rings. The van der Waals surface area contributed by atoms with E-state index in [1.54, 1.807) is 62.4 Å². The highest BCUT2D eigenvalue weighted by Gasteiger charge is 2.16. The first-order valence-electron chi connectivity index (χ1n) is 10.1. The molecule has 4 aromatic rings. The molecule has 0 aliphatic rings. The van der Waals surface area contributed by atoms with E-state index in [-0.39, 0.29) is 0 Å². The molecule has 4 rings (SSSR count). The van der Waals surface area contributed by atoms with Gasteiger partial charge in [0.25, 0.3) is 0 Å². The van der Waals surface area contributed by atoms with Gasteiger partial charge in [-0.05, 0) is 84.9 Å². The lowest BCUT2D eigenvalue weighted by molar-refractivity contribution is 0.344. The normalized spacial score (nSPS) is 10.5. The van der Waals surface area contributed by atoms with Crippen LogP contribution in [0.3, 0.4) is 0 Å². The van der Waals surface area contributed by atoms with Gasteiger partial charge in [0.15, 0.2) is 11.5 Å². The van der Waals surface area contributed by atoms with Crippen LogP contribution in [0.1, 0.15) is 0 Å². The van der Waals surface area contributed by atoms with Gasteiger partial charge < -0.3 is 30.4 Å². The summed E-state index contributed by atoms with van der Waals surface area (Å²) in [4.78, 5) is 1.98. The third-order valence-corrected chi connectivity index (χ3v) is 5.69. The minimum Gasteiger partial charge on any atom is -0.493 e. The number of anilines is 2. The van der Waals surface area contributed by atoms with Crippen molar-refractivity contribution in [1.29, 1.82) is 0 Å². The molecule has 0 saturated carbocycles. The van der Waals surface area contributed by atoms with Crippen molar-refractivity contribution in [2.75, 3.05) is 25.7 Å². The van der Waals surface area contributed by atoms with Crippen molar-refractivity contribution >= 4 is 23.1 Å². The standard InChI is InChI=1S/C26H24N2O4S/c1-29-24-15-23(16-25(30-2)26(24)32-21-9-5-18(28)6-10-21)33-22-13-11-20(12-14-22)31-19-7-3-17(27)4-8-19/h3-16H,27-28H2,1-2H3. The molecule has 4 aromatic carbocycles. The van der Waals surface area contributed by atoms with Crippen LogP contribution < -0.4 is 30.4 Å². The SMILES string of the molecule is COc1cc(Sc2ccc(Oc3ccc(N)cc3)cc2)cc(OC)c1Oc1ccc(N)cc1. The Labute approximate surface area is 197 Å². The highest BCUT2D eigenvalue weighted by Crippen LogP contribution is 2.45. The topological polar surface area (TPSA) is 89.0 Å². The minimum atomic E-state index is 0.501. The van der Waals surface area contributed by atoms with Gasteiger partial charge in [-0.2, -0.15) is 0 Å². The summed E-state index contributed by atoms with van der Waals surface area (Å²) in [5, 5.41) is 0. The van der Waals surface area contributed by atoms with Crippen molar-refractivity contribution in [2.45, 2.75) is 9.79 Å². The molecule has 0 aliphatic carbocycles. The van der Waals surface area contributed by atoms with Crippen LogP contribution in [-0.4, -0.2) is 14.2 Å². The Kier molecular flexibility index (Phi) is 6.80. The highest BCUT2D eigenvalue weighted by molar-refractivity contribution is 7.99. The Morgan fingerprint density at radius 1 is 0.545 bits per heavy atom. The van der Waals surface area contributed by atoms with Crippen LogP contribution in [0.25, 0.3) is 0 Å². The van der Waals surface area contributed by atoms with E-state index in [0.29, 0.717) is 34.4 Å². The second kappa shape index (κ2) is 10.1. The molecule has 0 heterocycles. The van der Waals surface area contributed by atoms with Crippen LogP contribution in [0.4, 0.5) is 11.4 Å². The monoisotopic (exact) mass is 460 g/mol. The van der Waals surface area contributed by atoms with Crippen molar-refractivity contribution < 1.29 is 18.9 Å². The summed E-state index contributed by atoms with van der Waals surface area (Å²) in [5.41, 5.74) is 12.8. The molecule has 7 heteroatoms. The molecule has 4 N–H and O–H groups in total. The van der Waals surface area contributed by atoms with E-state index < -0.39 is 0 Å². The van der Waals surface area contributed by atoms with E-state index in [1.807, 2.05) is 48.5 Å². The Morgan fingerprint density at radius 2 is 0.970 bits per heavy atom. The van der Waals surface area contributed by atoms with Crippen LogP contribution in [0.2, 0.25) is 0 Å². The number of rotatable bonds is 8. The number of hydrogen-bond donors (Lipinski definition) is 2. The lowest BCUT2D eigenvalue weighted by Crippen LogP contribution is -1.95. The predicted molar refractivity (Wildman–Crippen MR) is 132 cm³/mol. The van der Waals surface area contributed by atoms with Crippen molar-refractivity contribution in [3.8, 4) is 34.5 Å². The zero-order chi connectivity index (χ0) is 23.2. The van der Waals surface area contributed by atoms with E-state index in [4.69, 9.17) is 30.4 Å². The van der Waals surface area contributed by atoms with Gasteiger partial charge in [-0.15, -0.1) is 0 Å². The van der Waals surface area contributed by atoms with Crippen LogP contribution in [0, 0.1) is 0 Å². The molecule has 0 aliphatic heterocycles. The molecule has 0 atom stereocenters. The van der Waals surface area contributed by atoms with Crippen LogP contribution in [0.15, 0.2) is 94.7 Å². The number of benzene rings is 4. The second-order valence-corrected chi connectivity index (χ2v) is 8.22. The molecule has 0 aromatic heterocycles. The fraction of sp³-hybridized carbons (Fsp3) is 0.0769. The lowest BCUT2D eigenvalue weighted by atomic mass is 10.2. The summed E-state index contributed by atoms with van der Waals surface area (Å²) < 4.78 is 23.1. The number of nitrogen functional groups attached to an aromatic ring is 2. The molecule has 168 valence electrons. The first-order chi connectivity index (χ1) is 16.0. The molecule has 0 saturated heterocycles. The predicted octanol–water partition coefficient (Wildman–Crippen LogP) is 6.60.